The van der Waals surface area contributed by atoms with E-state index in [0.29, 0.717) is 5.82 Å². The average molecular weight is 221 g/mol. The Morgan fingerprint density at radius 1 is 1.60 bits per heavy atom. The van der Waals surface area contributed by atoms with Crippen molar-refractivity contribution in [1.82, 2.24) is 9.78 Å². The SMILES string of the molecule is N=C(N)Cn1nc(-c2ccsc2)cc1N. The standard InChI is InChI=1S/C9H11N5S/c10-8(11)4-14-9(12)3-7(13-14)6-1-2-15-5-6/h1-3,5H,4,12H2,(H3,10,11). The summed E-state index contributed by atoms with van der Waals surface area (Å²) in [6.07, 6.45) is 0. The van der Waals surface area contributed by atoms with Crippen LogP contribution < -0.4 is 11.5 Å². The minimum Gasteiger partial charge on any atom is -0.386 e. The van der Waals surface area contributed by atoms with Crippen molar-refractivity contribution >= 4 is 23.0 Å². The van der Waals surface area contributed by atoms with Crippen LogP contribution in [0.3, 0.4) is 0 Å². The van der Waals surface area contributed by atoms with Gasteiger partial charge in [0, 0.05) is 17.0 Å². The maximum absolute atomic E-state index is 7.18. The van der Waals surface area contributed by atoms with E-state index in [1.165, 1.54) is 4.68 Å². The van der Waals surface area contributed by atoms with Crippen molar-refractivity contribution in [2.45, 2.75) is 6.54 Å². The molecule has 0 aliphatic carbocycles. The number of nitrogen functional groups attached to an aromatic ring is 1. The van der Waals surface area contributed by atoms with E-state index in [1.807, 2.05) is 16.8 Å². The van der Waals surface area contributed by atoms with Crippen LogP contribution in [-0.4, -0.2) is 15.6 Å². The van der Waals surface area contributed by atoms with Crippen LogP contribution in [0, 0.1) is 5.41 Å². The van der Waals surface area contributed by atoms with E-state index in [2.05, 4.69) is 5.10 Å². The molecular weight excluding hydrogens is 210 g/mol. The summed E-state index contributed by atoms with van der Waals surface area (Å²) in [5.74, 6) is 0.563. The lowest BCUT2D eigenvalue weighted by molar-refractivity contribution is 0.731. The number of amidine groups is 1. The first-order valence-corrected chi connectivity index (χ1v) is 5.30. The molecule has 6 heteroatoms. The van der Waals surface area contributed by atoms with Gasteiger partial charge in [0.1, 0.15) is 11.7 Å². The normalized spacial score (nSPS) is 10.4. The third-order valence-corrected chi connectivity index (χ3v) is 2.63. The van der Waals surface area contributed by atoms with E-state index in [0.717, 1.165) is 11.3 Å². The Balaban J connectivity index is 2.33. The third kappa shape index (κ3) is 1.99. The fraction of sp³-hybridized carbons (Fsp3) is 0.111. The number of hydrogen-bond acceptors (Lipinski definition) is 4. The van der Waals surface area contributed by atoms with Crippen LogP contribution in [0.4, 0.5) is 5.82 Å². The molecule has 0 saturated heterocycles. The Morgan fingerprint density at radius 2 is 2.40 bits per heavy atom. The van der Waals surface area contributed by atoms with E-state index in [1.54, 1.807) is 17.4 Å². The predicted molar refractivity (Wildman–Crippen MR) is 61.9 cm³/mol. The zero-order valence-corrected chi connectivity index (χ0v) is 8.79. The molecule has 78 valence electrons. The second-order valence-corrected chi connectivity index (χ2v) is 3.93. The highest BCUT2D eigenvalue weighted by atomic mass is 32.1. The fourth-order valence-electron chi connectivity index (χ4n) is 1.27. The molecule has 2 aromatic heterocycles. The summed E-state index contributed by atoms with van der Waals surface area (Å²) in [4.78, 5) is 0. The van der Waals surface area contributed by atoms with Gasteiger partial charge in [-0.25, -0.2) is 4.68 Å². The monoisotopic (exact) mass is 221 g/mol. The number of hydrogen-bond donors (Lipinski definition) is 3. The summed E-state index contributed by atoms with van der Waals surface area (Å²) >= 11 is 1.61. The summed E-state index contributed by atoms with van der Waals surface area (Å²) in [5, 5.41) is 15.4. The van der Waals surface area contributed by atoms with Gasteiger partial charge in [0.2, 0.25) is 0 Å². The van der Waals surface area contributed by atoms with Crippen LogP contribution in [0.5, 0.6) is 0 Å². The van der Waals surface area contributed by atoms with E-state index in [4.69, 9.17) is 16.9 Å². The molecule has 0 fully saturated rings. The Morgan fingerprint density at radius 3 is 3.00 bits per heavy atom. The third-order valence-electron chi connectivity index (χ3n) is 1.95. The van der Waals surface area contributed by atoms with Crippen LogP contribution in [0.15, 0.2) is 22.9 Å². The second kappa shape index (κ2) is 3.74. The van der Waals surface area contributed by atoms with Gasteiger partial charge in [-0.05, 0) is 11.4 Å². The molecule has 0 aliphatic heterocycles. The van der Waals surface area contributed by atoms with Crippen molar-refractivity contribution in [3.63, 3.8) is 0 Å². The van der Waals surface area contributed by atoms with Gasteiger partial charge in [-0.15, -0.1) is 0 Å². The Hall–Kier alpha value is -1.82. The van der Waals surface area contributed by atoms with Crippen molar-refractivity contribution in [1.29, 1.82) is 5.41 Å². The number of anilines is 1. The molecule has 0 bridgehead atoms. The molecule has 0 aromatic carbocycles. The molecular formula is C9H11N5S. The van der Waals surface area contributed by atoms with E-state index in [9.17, 15) is 0 Å². The maximum atomic E-state index is 7.18. The first-order valence-electron chi connectivity index (χ1n) is 4.35. The number of nitrogens with one attached hydrogen (secondary N) is 1. The van der Waals surface area contributed by atoms with Gasteiger partial charge in [0.15, 0.2) is 0 Å². The van der Waals surface area contributed by atoms with Crippen LogP contribution in [0.2, 0.25) is 0 Å². The van der Waals surface area contributed by atoms with E-state index >= 15 is 0 Å². The van der Waals surface area contributed by atoms with Crippen LogP contribution in [0.1, 0.15) is 0 Å². The lowest BCUT2D eigenvalue weighted by atomic mass is 10.2. The first kappa shape index (κ1) is 9.72. The van der Waals surface area contributed by atoms with Crippen molar-refractivity contribution in [3.05, 3.63) is 22.9 Å². The van der Waals surface area contributed by atoms with Gasteiger partial charge < -0.3 is 11.5 Å². The number of aromatic nitrogens is 2. The van der Waals surface area contributed by atoms with Gasteiger partial charge >= 0.3 is 0 Å². The van der Waals surface area contributed by atoms with Crippen LogP contribution in [0.25, 0.3) is 11.3 Å². The Bertz CT molecular complexity index is 471. The Labute approximate surface area is 90.8 Å². The van der Waals surface area contributed by atoms with Crippen molar-refractivity contribution in [2.24, 2.45) is 5.73 Å². The summed E-state index contributed by atoms with van der Waals surface area (Å²) in [5.41, 5.74) is 12.9. The van der Waals surface area contributed by atoms with Crippen LogP contribution >= 0.6 is 11.3 Å². The van der Waals surface area contributed by atoms with Crippen molar-refractivity contribution in [3.8, 4) is 11.3 Å². The molecule has 2 heterocycles. The average Bonchev–Trinajstić information content (AvgIpc) is 2.75. The molecule has 0 spiro atoms. The smallest absolute Gasteiger partial charge is 0.122 e. The van der Waals surface area contributed by atoms with Gasteiger partial charge in [-0.3, -0.25) is 5.41 Å². The van der Waals surface area contributed by atoms with Gasteiger partial charge in [0.25, 0.3) is 0 Å². The topological polar surface area (TPSA) is 93.7 Å². The quantitative estimate of drug-likeness (QED) is 0.535. The molecule has 2 rings (SSSR count). The highest BCUT2D eigenvalue weighted by molar-refractivity contribution is 7.08. The van der Waals surface area contributed by atoms with Gasteiger partial charge in [-0.1, -0.05) is 0 Å². The fourth-order valence-corrected chi connectivity index (χ4v) is 1.92. The second-order valence-electron chi connectivity index (χ2n) is 3.15. The zero-order chi connectivity index (χ0) is 10.8. The molecule has 0 amide bonds. The largest absolute Gasteiger partial charge is 0.386 e. The minimum absolute atomic E-state index is 0.0432. The van der Waals surface area contributed by atoms with Gasteiger partial charge in [-0.2, -0.15) is 16.4 Å². The summed E-state index contributed by atoms with van der Waals surface area (Å²) < 4.78 is 1.52. The van der Waals surface area contributed by atoms with E-state index < -0.39 is 0 Å². The van der Waals surface area contributed by atoms with Crippen molar-refractivity contribution in [2.75, 3.05) is 5.73 Å². The number of thiophene rings is 1. The lowest BCUT2D eigenvalue weighted by Gasteiger charge is -2.00. The van der Waals surface area contributed by atoms with E-state index in [-0.39, 0.29) is 12.4 Å². The van der Waals surface area contributed by atoms with Gasteiger partial charge in [0.05, 0.1) is 12.2 Å². The zero-order valence-electron chi connectivity index (χ0n) is 7.97. The number of rotatable bonds is 3. The number of nitrogens with two attached hydrogens (primary N) is 2. The first-order chi connectivity index (χ1) is 7.16. The highest BCUT2D eigenvalue weighted by Gasteiger charge is 2.07. The number of nitrogens with zero attached hydrogens (tertiary/aromatic N) is 2. The molecule has 0 aliphatic rings. The molecule has 0 atom stereocenters. The molecule has 15 heavy (non-hydrogen) atoms. The lowest BCUT2D eigenvalue weighted by Crippen LogP contribution is -2.19. The minimum atomic E-state index is 0.0432. The summed E-state index contributed by atoms with van der Waals surface area (Å²) in [6.45, 7) is 0.232. The summed E-state index contributed by atoms with van der Waals surface area (Å²) in [6, 6.07) is 3.76. The van der Waals surface area contributed by atoms with Crippen LogP contribution in [-0.2, 0) is 6.54 Å². The Kier molecular flexibility index (Phi) is 2.42. The molecule has 0 unspecified atom stereocenters. The summed E-state index contributed by atoms with van der Waals surface area (Å²) in [7, 11) is 0. The highest BCUT2D eigenvalue weighted by Crippen LogP contribution is 2.22. The van der Waals surface area contributed by atoms with Crippen molar-refractivity contribution < 1.29 is 0 Å². The molecule has 0 saturated carbocycles. The maximum Gasteiger partial charge on any atom is 0.122 e. The molecule has 2 aromatic rings. The molecule has 0 radical (unpaired) electrons. The molecule has 5 N–H and O–H groups in total. The predicted octanol–water partition coefficient (Wildman–Crippen LogP) is 1.13. The molecule has 5 nitrogen and oxygen atoms in total.